The molecule has 1 amide bonds. The molecule has 0 aliphatic rings. The second-order valence-corrected chi connectivity index (χ2v) is 0.716. The van der Waals surface area contributed by atoms with Gasteiger partial charge in [-0.3, -0.25) is 4.79 Å². The molecule has 2 nitrogen and oxygen atoms in total. The van der Waals surface area contributed by atoms with Gasteiger partial charge in [-0.2, -0.15) is 0 Å². The van der Waals surface area contributed by atoms with Crippen LogP contribution in [-0.2, 0) is 37.5 Å². The van der Waals surface area contributed by atoms with Crippen molar-refractivity contribution in [3.05, 3.63) is 6.92 Å². The Hall–Kier alpha value is 0.574. The number of hydrogen-bond donors (Lipinski definition) is 1. The van der Waals surface area contributed by atoms with E-state index in [4.69, 9.17) is 0 Å². The monoisotopic (exact) mass is 161 g/mol. The third kappa shape index (κ3) is 8.82. The number of carbonyl (C=O) groups excluding carboxylic acids is 1. The van der Waals surface area contributed by atoms with Gasteiger partial charge in [-0.25, -0.2) is 0 Å². The van der Waals surface area contributed by atoms with E-state index < -0.39 is 0 Å². The van der Waals surface area contributed by atoms with Crippen molar-refractivity contribution >= 4 is 5.91 Å². The molecule has 0 aliphatic carbocycles. The average Bonchev–Trinajstić information content (AvgIpc) is 1.38. The van der Waals surface area contributed by atoms with Gasteiger partial charge in [0.05, 0.1) is 0 Å². The van der Waals surface area contributed by atoms with Gasteiger partial charge in [0, 0.05) is 32.7 Å². The van der Waals surface area contributed by atoms with Gasteiger partial charge >= 0.3 is 0 Å². The van der Waals surface area contributed by atoms with E-state index in [0.29, 0.717) is 0 Å². The van der Waals surface area contributed by atoms with Crippen molar-refractivity contribution < 1.29 is 37.5 Å². The molecule has 33 valence electrons. The minimum Gasteiger partial charge on any atom is -0.372 e. The summed E-state index contributed by atoms with van der Waals surface area (Å²) < 4.78 is 0. The Bertz CT molecular complexity index is 46.1. The minimum atomic E-state index is -0.356. The van der Waals surface area contributed by atoms with Gasteiger partial charge in [0.15, 0.2) is 5.91 Å². The van der Waals surface area contributed by atoms with Crippen LogP contribution >= 0.6 is 0 Å². The smallest absolute Gasteiger partial charge is 0.187 e. The molecule has 0 saturated carbocycles. The molecule has 0 fully saturated rings. The Morgan fingerprint density at radius 1 is 1.83 bits per heavy atom. The van der Waals surface area contributed by atoms with Crippen LogP contribution in [0.1, 0.15) is 6.42 Å². The van der Waals surface area contributed by atoms with Crippen LogP contribution in [0.2, 0.25) is 0 Å². The second-order valence-electron chi connectivity index (χ2n) is 0.716. The molecule has 2 N–H and O–H groups in total. The van der Waals surface area contributed by atoms with E-state index in [-0.39, 0.29) is 45.0 Å². The zero-order chi connectivity index (χ0) is 4.28. The Morgan fingerprint density at radius 2 is 2.00 bits per heavy atom. The summed E-state index contributed by atoms with van der Waals surface area (Å²) in [6.45, 7) is 3.21. The maximum absolute atomic E-state index is 9.53. The third-order valence-corrected chi connectivity index (χ3v) is 0.246. The van der Waals surface area contributed by atoms with Crippen LogP contribution in [0.3, 0.4) is 0 Å². The van der Waals surface area contributed by atoms with Crippen molar-refractivity contribution in [3.63, 3.8) is 0 Å². The van der Waals surface area contributed by atoms with E-state index in [1.807, 2.05) is 0 Å². The molecule has 6 heavy (non-hydrogen) atoms. The van der Waals surface area contributed by atoms with Crippen molar-refractivity contribution in [1.29, 1.82) is 0 Å². The van der Waals surface area contributed by atoms with Crippen molar-refractivity contribution in [2.45, 2.75) is 6.42 Å². The molecule has 0 rings (SSSR count). The van der Waals surface area contributed by atoms with E-state index in [1.54, 1.807) is 0 Å². The molecule has 0 aromatic carbocycles. The molecule has 0 atom stereocenters. The quantitative estimate of drug-likeness (QED) is 0.526. The van der Waals surface area contributed by atoms with Crippen molar-refractivity contribution in [1.82, 2.24) is 0 Å². The number of hydrogen-bond acceptors (Lipinski definition) is 1. The van der Waals surface area contributed by atoms with Crippen LogP contribution in [0, 0.1) is 6.92 Å². The van der Waals surface area contributed by atoms with Gasteiger partial charge in [0.1, 0.15) is 0 Å². The van der Waals surface area contributed by atoms with Crippen molar-refractivity contribution in [2.75, 3.05) is 0 Å². The van der Waals surface area contributed by atoms with Crippen LogP contribution in [0.4, 0.5) is 0 Å². The molecule has 0 aliphatic heterocycles. The minimum absolute atomic E-state index is 0. The summed E-state index contributed by atoms with van der Waals surface area (Å²) >= 11 is 0. The van der Waals surface area contributed by atoms with Crippen LogP contribution in [-0.4, -0.2) is 5.91 Å². The van der Waals surface area contributed by atoms with E-state index in [2.05, 4.69) is 12.7 Å². The molecule has 0 heterocycles. The standard InChI is InChI=1S/C3H6NO.Y/c1-2-3(4)5;/h1-2H2,(H2,4,5);/q-1;. The Kier molecular flexibility index (Phi) is 9.07. The zero-order valence-electron chi connectivity index (χ0n) is 3.48. The van der Waals surface area contributed by atoms with E-state index >= 15 is 0 Å². The number of rotatable bonds is 1. The molecular weight excluding hydrogens is 155 g/mol. The molecule has 3 heteroatoms. The topological polar surface area (TPSA) is 43.1 Å². The van der Waals surface area contributed by atoms with E-state index in [0.717, 1.165) is 0 Å². The van der Waals surface area contributed by atoms with E-state index in [9.17, 15) is 4.79 Å². The number of carbonyl (C=O) groups is 1. The average molecular weight is 161 g/mol. The van der Waals surface area contributed by atoms with Gasteiger partial charge in [-0.05, 0) is 0 Å². The number of primary amides is 1. The Labute approximate surface area is 62.4 Å². The fourth-order valence-electron chi connectivity index (χ4n) is 0. The molecule has 0 aromatic rings. The predicted molar refractivity (Wildman–Crippen MR) is 19.2 cm³/mol. The van der Waals surface area contributed by atoms with E-state index in [1.165, 1.54) is 0 Å². The maximum atomic E-state index is 9.53. The van der Waals surface area contributed by atoms with Crippen molar-refractivity contribution in [2.24, 2.45) is 5.73 Å². The second kappa shape index (κ2) is 5.57. The van der Waals surface area contributed by atoms with Crippen LogP contribution < -0.4 is 5.73 Å². The summed E-state index contributed by atoms with van der Waals surface area (Å²) in [6, 6.07) is 0. The zero-order valence-corrected chi connectivity index (χ0v) is 6.32. The molecule has 0 aromatic heterocycles. The normalized spacial score (nSPS) is 6.17. The van der Waals surface area contributed by atoms with Gasteiger partial charge in [-0.1, -0.05) is 0 Å². The molecule has 1 radical (unpaired) electrons. The van der Waals surface area contributed by atoms with Crippen LogP contribution in [0.5, 0.6) is 0 Å². The van der Waals surface area contributed by atoms with Gasteiger partial charge < -0.3 is 12.7 Å². The molecular formula is C3H6NOY-. The predicted octanol–water partition coefficient (Wildman–Crippen LogP) is -0.307. The van der Waals surface area contributed by atoms with Crippen LogP contribution in [0.25, 0.3) is 0 Å². The first-order valence-corrected chi connectivity index (χ1v) is 1.35. The molecule has 0 spiro atoms. The van der Waals surface area contributed by atoms with Gasteiger partial charge in [-0.15, -0.1) is 6.42 Å². The van der Waals surface area contributed by atoms with Gasteiger partial charge in [0.2, 0.25) is 0 Å². The SMILES string of the molecule is [CH2-]CC(N)=O.[Y]. The first kappa shape index (κ1) is 9.76. The summed E-state index contributed by atoms with van der Waals surface area (Å²) in [4.78, 5) is 9.53. The number of amides is 1. The fourth-order valence-corrected chi connectivity index (χ4v) is 0. The third-order valence-electron chi connectivity index (χ3n) is 0.246. The maximum Gasteiger partial charge on any atom is 0.187 e. The first-order chi connectivity index (χ1) is 2.27. The van der Waals surface area contributed by atoms with Gasteiger partial charge in [0.25, 0.3) is 0 Å². The summed E-state index contributed by atoms with van der Waals surface area (Å²) in [5.74, 6) is -0.356. The summed E-state index contributed by atoms with van der Waals surface area (Å²) in [7, 11) is 0. The fraction of sp³-hybridized carbons (Fsp3) is 0.333. The largest absolute Gasteiger partial charge is 0.372 e. The Balaban J connectivity index is 0. The number of nitrogens with two attached hydrogens (primary N) is 1. The Morgan fingerprint density at radius 3 is 2.00 bits per heavy atom. The van der Waals surface area contributed by atoms with Crippen molar-refractivity contribution in [3.8, 4) is 0 Å². The van der Waals surface area contributed by atoms with Crippen LogP contribution in [0.15, 0.2) is 0 Å². The molecule has 0 saturated heterocycles. The summed E-state index contributed by atoms with van der Waals surface area (Å²) in [6.07, 6.45) is 0.194. The summed E-state index contributed by atoms with van der Waals surface area (Å²) in [5, 5.41) is 0. The molecule has 0 bridgehead atoms. The first-order valence-electron chi connectivity index (χ1n) is 1.35. The summed E-state index contributed by atoms with van der Waals surface area (Å²) in [5.41, 5.74) is 4.59. The molecule has 0 unspecified atom stereocenters.